The molecule has 2 aromatic rings. The van der Waals surface area contributed by atoms with Gasteiger partial charge in [-0.15, -0.1) is 0 Å². The van der Waals surface area contributed by atoms with Gasteiger partial charge in [0.15, 0.2) is 0 Å². The zero-order chi connectivity index (χ0) is 24.3. The van der Waals surface area contributed by atoms with E-state index in [1.54, 1.807) is 49.1 Å². The molecule has 0 N–H and O–H groups in total. The topological polar surface area (TPSA) is 72.9 Å². The van der Waals surface area contributed by atoms with E-state index in [0.29, 0.717) is 17.7 Å². The highest BCUT2D eigenvalue weighted by Crippen LogP contribution is 2.24. The van der Waals surface area contributed by atoms with E-state index in [1.807, 2.05) is 30.3 Å². The minimum atomic E-state index is -0.398. The predicted molar refractivity (Wildman–Crippen MR) is 131 cm³/mol. The van der Waals surface area contributed by atoms with Crippen molar-refractivity contribution in [2.45, 2.75) is 58.6 Å². The highest BCUT2D eigenvalue weighted by Gasteiger charge is 2.28. The zero-order valence-electron chi connectivity index (χ0n) is 20.0. The Labute approximate surface area is 201 Å². The number of ether oxygens (including phenoxy) is 2. The van der Waals surface area contributed by atoms with Gasteiger partial charge in [0.1, 0.15) is 13.2 Å². The number of benzene rings is 2. The normalized spacial score (nSPS) is 14.4. The quantitative estimate of drug-likeness (QED) is 0.379. The van der Waals surface area contributed by atoms with Crippen LogP contribution < -0.4 is 0 Å². The molecule has 0 aliphatic heterocycles. The maximum atomic E-state index is 13.3. The molecule has 0 spiro atoms. The average molecular weight is 464 g/mol. The molecular weight excluding hydrogens is 430 g/mol. The lowest BCUT2D eigenvalue weighted by atomic mass is 9.93. The van der Waals surface area contributed by atoms with Crippen molar-refractivity contribution in [3.8, 4) is 0 Å². The number of carbonyl (C=O) groups is 3. The molecular formula is C28H33NO5. The molecule has 0 radical (unpaired) electrons. The monoisotopic (exact) mass is 463 g/mol. The van der Waals surface area contributed by atoms with Gasteiger partial charge < -0.3 is 14.4 Å². The fourth-order valence-electron chi connectivity index (χ4n) is 4.17. The molecule has 0 bridgehead atoms. The molecule has 1 amide bonds. The molecule has 0 unspecified atom stereocenters. The van der Waals surface area contributed by atoms with Crippen molar-refractivity contribution in [3.05, 3.63) is 76.9 Å². The van der Waals surface area contributed by atoms with Gasteiger partial charge in [-0.2, -0.15) is 0 Å². The number of esters is 2. The van der Waals surface area contributed by atoms with Gasteiger partial charge >= 0.3 is 11.9 Å². The molecule has 0 saturated heterocycles. The first-order valence-corrected chi connectivity index (χ1v) is 11.9. The van der Waals surface area contributed by atoms with Crippen molar-refractivity contribution >= 4 is 23.9 Å². The van der Waals surface area contributed by atoms with Gasteiger partial charge in [-0.05, 0) is 56.0 Å². The third kappa shape index (κ3) is 7.30. The van der Waals surface area contributed by atoms with E-state index >= 15 is 0 Å². The summed E-state index contributed by atoms with van der Waals surface area (Å²) in [6, 6.07) is 16.5. The summed E-state index contributed by atoms with van der Waals surface area (Å²) >= 11 is 0. The summed E-state index contributed by atoms with van der Waals surface area (Å²) in [6.45, 7) is 3.99. The summed E-state index contributed by atoms with van der Waals surface area (Å²) < 4.78 is 10.5. The molecule has 1 saturated carbocycles. The molecule has 34 heavy (non-hydrogen) atoms. The van der Waals surface area contributed by atoms with Crippen molar-refractivity contribution in [2.24, 2.45) is 0 Å². The summed E-state index contributed by atoms with van der Waals surface area (Å²) in [5.41, 5.74) is 2.71. The first-order valence-electron chi connectivity index (χ1n) is 11.9. The molecule has 0 aromatic heterocycles. The molecule has 1 aliphatic carbocycles. The molecule has 1 aliphatic rings. The van der Waals surface area contributed by atoms with E-state index in [9.17, 15) is 14.4 Å². The molecule has 3 rings (SSSR count). The summed E-state index contributed by atoms with van der Waals surface area (Å²) in [5, 5.41) is 0. The smallest absolute Gasteiger partial charge is 0.338 e. The standard InChI is InChI=1S/C28H33NO5/c1-3-33-26(30)19-29(25-12-8-5-9-13-25)27(31)21(2)18-22-14-16-24(17-15-22)28(32)34-20-23-10-6-4-7-11-23/h4,6-7,10-11,14-18,25H,3,5,8-9,12-13,19-20H2,1-2H3/b21-18+. The lowest BCUT2D eigenvalue weighted by molar-refractivity contribution is -0.149. The molecule has 1 fully saturated rings. The second-order valence-electron chi connectivity index (χ2n) is 8.54. The van der Waals surface area contributed by atoms with Gasteiger partial charge in [0.25, 0.3) is 0 Å². The lowest BCUT2D eigenvalue weighted by Crippen LogP contribution is -2.45. The lowest BCUT2D eigenvalue weighted by Gasteiger charge is -2.34. The van der Waals surface area contributed by atoms with E-state index in [1.165, 1.54) is 0 Å². The van der Waals surface area contributed by atoms with Crippen LogP contribution in [0.1, 0.15) is 67.4 Å². The minimum absolute atomic E-state index is 0.0330. The Morgan fingerprint density at radius 1 is 0.941 bits per heavy atom. The Balaban J connectivity index is 1.65. The molecule has 6 nitrogen and oxygen atoms in total. The van der Waals surface area contributed by atoms with Crippen molar-refractivity contribution in [1.82, 2.24) is 4.90 Å². The van der Waals surface area contributed by atoms with Crippen LogP contribution in [0.3, 0.4) is 0 Å². The van der Waals surface area contributed by atoms with Crippen LogP contribution in [-0.2, 0) is 25.7 Å². The fourth-order valence-corrected chi connectivity index (χ4v) is 4.17. The Bertz CT molecular complexity index is 991. The fraction of sp³-hybridized carbons (Fsp3) is 0.393. The van der Waals surface area contributed by atoms with Crippen LogP contribution in [0.4, 0.5) is 0 Å². The Morgan fingerprint density at radius 3 is 2.26 bits per heavy atom. The van der Waals surface area contributed by atoms with Crippen molar-refractivity contribution in [2.75, 3.05) is 13.2 Å². The van der Waals surface area contributed by atoms with Crippen LogP contribution in [0.5, 0.6) is 0 Å². The van der Waals surface area contributed by atoms with Gasteiger partial charge in [0.2, 0.25) is 5.91 Å². The van der Waals surface area contributed by atoms with E-state index in [4.69, 9.17) is 9.47 Å². The van der Waals surface area contributed by atoms with Crippen LogP contribution in [0.15, 0.2) is 60.2 Å². The van der Waals surface area contributed by atoms with Gasteiger partial charge in [0.05, 0.1) is 12.2 Å². The first-order chi connectivity index (χ1) is 16.5. The summed E-state index contributed by atoms with van der Waals surface area (Å²) in [4.78, 5) is 39.4. The SMILES string of the molecule is CCOC(=O)CN(C(=O)/C(C)=C/c1ccc(C(=O)OCc2ccccc2)cc1)C1CCCCC1. The zero-order valence-corrected chi connectivity index (χ0v) is 20.0. The van der Waals surface area contributed by atoms with Gasteiger partial charge in [-0.3, -0.25) is 9.59 Å². The Morgan fingerprint density at radius 2 is 1.62 bits per heavy atom. The van der Waals surface area contributed by atoms with Crippen LogP contribution in [-0.4, -0.2) is 41.9 Å². The third-order valence-electron chi connectivity index (χ3n) is 5.96. The van der Waals surface area contributed by atoms with Crippen molar-refractivity contribution in [3.63, 3.8) is 0 Å². The summed E-state index contributed by atoms with van der Waals surface area (Å²) in [6.07, 6.45) is 6.86. The molecule has 0 atom stereocenters. The molecule has 0 heterocycles. The van der Waals surface area contributed by atoms with E-state index in [2.05, 4.69) is 0 Å². The number of hydrogen-bond acceptors (Lipinski definition) is 5. The predicted octanol–water partition coefficient (Wildman–Crippen LogP) is 5.17. The summed E-state index contributed by atoms with van der Waals surface area (Å²) in [7, 11) is 0. The second-order valence-corrected chi connectivity index (χ2v) is 8.54. The second kappa shape index (κ2) is 12.7. The third-order valence-corrected chi connectivity index (χ3v) is 5.96. The Hall–Kier alpha value is -3.41. The molecule has 2 aromatic carbocycles. The van der Waals surface area contributed by atoms with E-state index in [-0.39, 0.29) is 31.1 Å². The first kappa shape index (κ1) is 25.2. The average Bonchev–Trinajstić information content (AvgIpc) is 2.87. The van der Waals surface area contributed by atoms with E-state index < -0.39 is 5.97 Å². The van der Waals surface area contributed by atoms with Crippen molar-refractivity contribution < 1.29 is 23.9 Å². The maximum absolute atomic E-state index is 13.3. The van der Waals surface area contributed by atoms with Crippen LogP contribution in [0.2, 0.25) is 0 Å². The van der Waals surface area contributed by atoms with Crippen LogP contribution in [0, 0.1) is 0 Å². The maximum Gasteiger partial charge on any atom is 0.338 e. The van der Waals surface area contributed by atoms with Gasteiger partial charge in [-0.25, -0.2) is 4.79 Å². The van der Waals surface area contributed by atoms with Crippen LogP contribution in [0.25, 0.3) is 6.08 Å². The summed E-state index contributed by atoms with van der Waals surface area (Å²) in [5.74, 6) is -0.941. The Kier molecular flexibility index (Phi) is 9.44. The van der Waals surface area contributed by atoms with E-state index in [0.717, 1.165) is 43.2 Å². The van der Waals surface area contributed by atoms with Gasteiger partial charge in [0, 0.05) is 11.6 Å². The largest absolute Gasteiger partial charge is 0.465 e. The number of carbonyl (C=O) groups excluding carboxylic acids is 3. The minimum Gasteiger partial charge on any atom is -0.465 e. The highest BCUT2D eigenvalue weighted by atomic mass is 16.5. The van der Waals surface area contributed by atoms with Crippen LogP contribution >= 0.6 is 0 Å². The number of nitrogens with zero attached hydrogens (tertiary/aromatic N) is 1. The number of amides is 1. The molecule has 6 heteroatoms. The number of rotatable bonds is 9. The number of hydrogen-bond donors (Lipinski definition) is 0. The van der Waals surface area contributed by atoms with Crippen molar-refractivity contribution in [1.29, 1.82) is 0 Å². The van der Waals surface area contributed by atoms with Gasteiger partial charge in [-0.1, -0.05) is 61.7 Å². The molecule has 180 valence electrons. The highest BCUT2D eigenvalue weighted by molar-refractivity contribution is 5.99.